The van der Waals surface area contributed by atoms with Crippen LogP contribution < -0.4 is 4.31 Å². The summed E-state index contributed by atoms with van der Waals surface area (Å²) >= 11 is 6.09. The number of esters is 2. The number of halogens is 2. The zero-order valence-electron chi connectivity index (χ0n) is 18.0. The molecule has 0 N–H and O–H groups in total. The van der Waals surface area contributed by atoms with Crippen molar-refractivity contribution in [2.45, 2.75) is 44.8 Å². The number of benzene rings is 1. The molecule has 0 saturated carbocycles. The van der Waals surface area contributed by atoms with Gasteiger partial charge < -0.3 is 9.47 Å². The predicted octanol–water partition coefficient (Wildman–Crippen LogP) is 3.38. The van der Waals surface area contributed by atoms with E-state index in [1.54, 1.807) is 6.92 Å². The van der Waals surface area contributed by atoms with Gasteiger partial charge in [0.2, 0.25) is 15.9 Å². The molecule has 0 fully saturated rings. The third-order valence-electron chi connectivity index (χ3n) is 4.95. The van der Waals surface area contributed by atoms with Gasteiger partial charge in [0.05, 0.1) is 35.9 Å². The number of ether oxygens (including phenoxy) is 2. The van der Waals surface area contributed by atoms with E-state index in [0.717, 1.165) is 25.3 Å². The van der Waals surface area contributed by atoms with Crippen molar-refractivity contribution in [1.82, 2.24) is 0 Å². The lowest BCUT2D eigenvalue weighted by molar-refractivity contribution is -0.146. The maximum Gasteiger partial charge on any atom is 0.335 e. The average Bonchev–Trinajstić information content (AvgIpc) is 2.74. The lowest BCUT2D eigenvalue weighted by Gasteiger charge is -2.31. The maximum atomic E-state index is 13.7. The van der Waals surface area contributed by atoms with Crippen LogP contribution in [0.2, 0.25) is 5.02 Å². The first kappa shape index (κ1) is 25.8. The van der Waals surface area contributed by atoms with Gasteiger partial charge in [-0.1, -0.05) is 24.6 Å². The highest BCUT2D eigenvalue weighted by atomic mass is 35.5. The summed E-state index contributed by atoms with van der Waals surface area (Å²) in [4.78, 5) is 37.4. The Morgan fingerprint density at radius 2 is 2.00 bits per heavy atom. The van der Waals surface area contributed by atoms with Crippen LogP contribution in [0.5, 0.6) is 0 Å². The number of hydrogen-bond donors (Lipinski definition) is 0. The molecule has 0 spiro atoms. The fraction of sp³-hybridized carbons (Fsp3) is 0.476. The highest BCUT2D eigenvalue weighted by Gasteiger charge is 2.43. The second-order valence-electron chi connectivity index (χ2n) is 7.23. The van der Waals surface area contributed by atoms with E-state index < -0.39 is 51.3 Å². The number of sulfonamides is 1. The standard InChI is InChI=1S/C21H25ClFNO7S/c1-4-31-21(27)15-7-5-6-8-18(15)32(28,29)24(17-10-9-14(23)12-16(17)22)19(25)11-13(2)20(26)30-3/h7,9-10,12-13,18H,4-6,8,11H2,1-3H3/t13-,18-/m1/s1. The van der Waals surface area contributed by atoms with Gasteiger partial charge in [-0.05, 0) is 44.4 Å². The summed E-state index contributed by atoms with van der Waals surface area (Å²) < 4.78 is 51.1. The molecule has 1 aliphatic carbocycles. The van der Waals surface area contributed by atoms with Gasteiger partial charge in [-0.3, -0.25) is 9.59 Å². The third-order valence-corrected chi connectivity index (χ3v) is 7.37. The molecular weight excluding hydrogens is 465 g/mol. The summed E-state index contributed by atoms with van der Waals surface area (Å²) in [6.07, 6.45) is 1.98. The monoisotopic (exact) mass is 489 g/mol. The van der Waals surface area contributed by atoms with Crippen LogP contribution in [-0.2, 0) is 33.9 Å². The van der Waals surface area contributed by atoms with Gasteiger partial charge in [0.15, 0.2) is 0 Å². The SMILES string of the molecule is CCOC(=O)C1=CCCC[C@H]1S(=O)(=O)N(C(=O)C[C@@H](C)C(=O)OC)c1ccc(F)cc1Cl. The maximum absolute atomic E-state index is 13.7. The Hall–Kier alpha value is -2.46. The van der Waals surface area contributed by atoms with Crippen LogP contribution in [0.3, 0.4) is 0 Å². The van der Waals surface area contributed by atoms with Crippen molar-refractivity contribution < 1.29 is 36.7 Å². The number of carbonyl (C=O) groups excluding carboxylic acids is 3. The smallest absolute Gasteiger partial charge is 0.335 e. The minimum absolute atomic E-state index is 0.0476. The largest absolute Gasteiger partial charge is 0.469 e. The van der Waals surface area contributed by atoms with E-state index in [9.17, 15) is 27.2 Å². The molecule has 0 aromatic heterocycles. The van der Waals surface area contributed by atoms with Gasteiger partial charge in [-0.25, -0.2) is 21.9 Å². The fourth-order valence-electron chi connectivity index (χ4n) is 3.40. The number of allylic oxidation sites excluding steroid dienone is 1. The summed E-state index contributed by atoms with van der Waals surface area (Å²) in [5.41, 5.74) is -0.348. The molecule has 0 aliphatic heterocycles. The number of nitrogens with zero attached hydrogens (tertiary/aromatic N) is 1. The van der Waals surface area contributed by atoms with E-state index in [0.29, 0.717) is 17.1 Å². The van der Waals surface area contributed by atoms with Crippen LogP contribution in [0.25, 0.3) is 0 Å². The summed E-state index contributed by atoms with van der Waals surface area (Å²) in [6.45, 7) is 3.05. The van der Waals surface area contributed by atoms with Gasteiger partial charge in [0, 0.05) is 6.42 Å². The van der Waals surface area contributed by atoms with Crippen molar-refractivity contribution in [2.75, 3.05) is 18.0 Å². The molecule has 2 rings (SSSR count). The van der Waals surface area contributed by atoms with Crippen LogP contribution in [0.15, 0.2) is 29.8 Å². The van der Waals surface area contributed by atoms with Crippen molar-refractivity contribution in [1.29, 1.82) is 0 Å². The van der Waals surface area contributed by atoms with E-state index in [1.807, 2.05) is 0 Å². The van der Waals surface area contributed by atoms with Crippen molar-refractivity contribution >= 4 is 45.2 Å². The van der Waals surface area contributed by atoms with E-state index in [4.69, 9.17) is 16.3 Å². The Morgan fingerprint density at radius 1 is 1.31 bits per heavy atom. The minimum atomic E-state index is -4.55. The van der Waals surface area contributed by atoms with Gasteiger partial charge >= 0.3 is 11.9 Å². The van der Waals surface area contributed by atoms with Crippen LogP contribution in [-0.4, -0.2) is 45.2 Å². The summed E-state index contributed by atoms with van der Waals surface area (Å²) in [5, 5.41) is -1.68. The van der Waals surface area contributed by atoms with Crippen LogP contribution in [0, 0.1) is 11.7 Å². The Kier molecular flexibility index (Phi) is 8.80. The van der Waals surface area contributed by atoms with Crippen molar-refractivity contribution in [3.05, 3.63) is 40.7 Å². The van der Waals surface area contributed by atoms with E-state index in [-0.39, 0.29) is 29.3 Å². The molecule has 176 valence electrons. The molecule has 0 unspecified atom stereocenters. The lowest BCUT2D eigenvalue weighted by Crippen LogP contribution is -2.46. The molecule has 8 nitrogen and oxygen atoms in total. The molecule has 1 aromatic rings. The number of amides is 1. The number of hydrogen-bond acceptors (Lipinski definition) is 7. The first-order valence-electron chi connectivity index (χ1n) is 10.0. The minimum Gasteiger partial charge on any atom is -0.469 e. The Balaban J connectivity index is 2.58. The normalized spacial score (nSPS) is 17.2. The molecule has 1 aromatic carbocycles. The number of methoxy groups -OCH3 is 1. The zero-order chi connectivity index (χ0) is 24.1. The summed E-state index contributed by atoms with van der Waals surface area (Å²) in [5.74, 6) is -4.13. The van der Waals surface area contributed by atoms with Gasteiger partial charge in [-0.2, -0.15) is 0 Å². The molecule has 0 heterocycles. The van der Waals surface area contributed by atoms with Crippen molar-refractivity contribution in [3.63, 3.8) is 0 Å². The summed E-state index contributed by atoms with van der Waals surface area (Å²) in [7, 11) is -3.40. The predicted molar refractivity (Wildman–Crippen MR) is 116 cm³/mol. The van der Waals surface area contributed by atoms with Crippen molar-refractivity contribution in [3.8, 4) is 0 Å². The molecule has 11 heteroatoms. The first-order chi connectivity index (χ1) is 15.0. The topological polar surface area (TPSA) is 107 Å². The first-order valence-corrected chi connectivity index (χ1v) is 11.9. The van der Waals surface area contributed by atoms with Crippen molar-refractivity contribution in [2.24, 2.45) is 5.92 Å². The second kappa shape index (κ2) is 10.9. The Morgan fingerprint density at radius 3 is 2.59 bits per heavy atom. The highest BCUT2D eigenvalue weighted by molar-refractivity contribution is 7.94. The van der Waals surface area contributed by atoms with Crippen LogP contribution >= 0.6 is 11.6 Å². The summed E-state index contributed by atoms with van der Waals surface area (Å²) in [6, 6.07) is 2.90. The Bertz CT molecular complexity index is 1020. The molecule has 0 radical (unpaired) electrons. The lowest BCUT2D eigenvalue weighted by atomic mass is 9.99. The number of anilines is 1. The molecule has 0 bridgehead atoms. The quantitative estimate of drug-likeness (QED) is 0.515. The Labute approximate surface area is 191 Å². The third kappa shape index (κ3) is 5.66. The molecule has 1 aliphatic rings. The van der Waals surface area contributed by atoms with E-state index >= 15 is 0 Å². The van der Waals surface area contributed by atoms with Gasteiger partial charge in [0.1, 0.15) is 11.1 Å². The molecule has 1 amide bonds. The molecular formula is C21H25ClFNO7S. The molecule has 2 atom stereocenters. The molecule has 32 heavy (non-hydrogen) atoms. The molecule has 0 saturated heterocycles. The highest BCUT2D eigenvalue weighted by Crippen LogP contribution is 2.35. The average molecular weight is 490 g/mol. The zero-order valence-corrected chi connectivity index (χ0v) is 19.5. The van der Waals surface area contributed by atoms with E-state index in [1.165, 1.54) is 13.0 Å². The van der Waals surface area contributed by atoms with Gasteiger partial charge in [-0.15, -0.1) is 0 Å². The van der Waals surface area contributed by atoms with Crippen LogP contribution in [0.1, 0.15) is 39.5 Å². The van der Waals surface area contributed by atoms with E-state index in [2.05, 4.69) is 4.74 Å². The second-order valence-corrected chi connectivity index (χ2v) is 9.60. The fourth-order valence-corrected chi connectivity index (χ4v) is 5.73. The van der Waals surface area contributed by atoms with Crippen LogP contribution in [0.4, 0.5) is 10.1 Å². The number of rotatable bonds is 8. The van der Waals surface area contributed by atoms with Gasteiger partial charge in [0.25, 0.3) is 0 Å². The number of carbonyl (C=O) groups is 3.